The van der Waals surface area contributed by atoms with Crippen LogP contribution in [0, 0.1) is 12.8 Å². The van der Waals surface area contributed by atoms with Crippen LogP contribution in [0.15, 0.2) is 29.2 Å². The average Bonchev–Trinajstić information content (AvgIpc) is 2.41. The minimum atomic E-state index is -3.34. The summed E-state index contributed by atoms with van der Waals surface area (Å²) >= 11 is 0. The highest BCUT2D eigenvalue weighted by atomic mass is 32.2. The van der Waals surface area contributed by atoms with E-state index in [1.54, 1.807) is 16.4 Å². The second-order valence-corrected chi connectivity index (χ2v) is 7.54. The Labute approximate surface area is 122 Å². The van der Waals surface area contributed by atoms with Crippen LogP contribution in [0.4, 0.5) is 0 Å². The summed E-state index contributed by atoms with van der Waals surface area (Å²) in [7, 11) is -3.34. The van der Waals surface area contributed by atoms with E-state index in [1.807, 2.05) is 19.1 Å². The van der Waals surface area contributed by atoms with Gasteiger partial charge in [-0.05, 0) is 37.9 Å². The van der Waals surface area contributed by atoms with Gasteiger partial charge in [-0.2, -0.15) is 4.31 Å². The van der Waals surface area contributed by atoms with Gasteiger partial charge in [-0.1, -0.05) is 31.5 Å². The molecule has 112 valence electrons. The average molecular weight is 296 g/mol. The second kappa shape index (κ2) is 6.24. The van der Waals surface area contributed by atoms with Gasteiger partial charge in [0.1, 0.15) is 0 Å². The Kier molecular flexibility index (Phi) is 4.83. The normalized spacial score (nSPS) is 24.8. The lowest BCUT2D eigenvalue weighted by molar-refractivity contribution is 0.222. The van der Waals surface area contributed by atoms with Gasteiger partial charge in [0.2, 0.25) is 10.0 Å². The SMILES string of the molecule is CCNC1CCN(S(=O)(=O)c2ccc(C)cc2)CC1C. The lowest BCUT2D eigenvalue weighted by atomic mass is 9.95. The lowest BCUT2D eigenvalue weighted by Crippen LogP contribution is -2.49. The molecule has 2 unspecified atom stereocenters. The van der Waals surface area contributed by atoms with Gasteiger partial charge >= 0.3 is 0 Å². The first-order valence-electron chi connectivity index (χ1n) is 7.25. The third kappa shape index (κ3) is 3.22. The largest absolute Gasteiger partial charge is 0.314 e. The van der Waals surface area contributed by atoms with Crippen LogP contribution in [-0.2, 0) is 10.0 Å². The van der Waals surface area contributed by atoms with Gasteiger partial charge in [-0.25, -0.2) is 8.42 Å². The Morgan fingerprint density at radius 3 is 2.50 bits per heavy atom. The smallest absolute Gasteiger partial charge is 0.243 e. The molecule has 0 aromatic heterocycles. The van der Waals surface area contributed by atoms with Crippen molar-refractivity contribution in [2.75, 3.05) is 19.6 Å². The van der Waals surface area contributed by atoms with Crippen molar-refractivity contribution in [1.29, 1.82) is 0 Å². The molecule has 0 amide bonds. The number of nitrogens with zero attached hydrogens (tertiary/aromatic N) is 1. The minimum absolute atomic E-state index is 0.337. The van der Waals surface area contributed by atoms with Crippen molar-refractivity contribution in [1.82, 2.24) is 9.62 Å². The monoisotopic (exact) mass is 296 g/mol. The molecule has 0 saturated carbocycles. The number of hydrogen-bond acceptors (Lipinski definition) is 3. The molecule has 1 saturated heterocycles. The van der Waals surface area contributed by atoms with Crippen molar-refractivity contribution in [3.05, 3.63) is 29.8 Å². The van der Waals surface area contributed by atoms with Crippen LogP contribution < -0.4 is 5.32 Å². The van der Waals surface area contributed by atoms with E-state index in [-0.39, 0.29) is 0 Å². The van der Waals surface area contributed by atoms with Crippen molar-refractivity contribution in [3.63, 3.8) is 0 Å². The van der Waals surface area contributed by atoms with Crippen molar-refractivity contribution >= 4 is 10.0 Å². The number of hydrogen-bond donors (Lipinski definition) is 1. The van der Waals surface area contributed by atoms with Crippen molar-refractivity contribution in [2.45, 2.75) is 38.1 Å². The Hall–Kier alpha value is -0.910. The molecule has 2 atom stereocenters. The molecular formula is C15H24N2O2S. The Morgan fingerprint density at radius 2 is 1.95 bits per heavy atom. The lowest BCUT2D eigenvalue weighted by Gasteiger charge is -2.36. The van der Waals surface area contributed by atoms with E-state index in [0.29, 0.717) is 29.9 Å². The van der Waals surface area contributed by atoms with Crippen LogP contribution in [0.3, 0.4) is 0 Å². The van der Waals surface area contributed by atoms with Gasteiger partial charge in [0.05, 0.1) is 4.90 Å². The topological polar surface area (TPSA) is 49.4 Å². The van der Waals surface area contributed by atoms with Gasteiger partial charge in [0.15, 0.2) is 0 Å². The molecular weight excluding hydrogens is 272 g/mol. The number of benzene rings is 1. The first-order chi connectivity index (χ1) is 9.45. The Morgan fingerprint density at radius 1 is 1.30 bits per heavy atom. The van der Waals surface area contributed by atoms with Gasteiger partial charge in [-0.3, -0.25) is 0 Å². The first kappa shape index (κ1) is 15.5. The summed E-state index contributed by atoms with van der Waals surface area (Å²) in [5.41, 5.74) is 1.07. The zero-order chi connectivity index (χ0) is 14.8. The van der Waals surface area contributed by atoms with E-state index in [4.69, 9.17) is 0 Å². The molecule has 20 heavy (non-hydrogen) atoms. The Balaban J connectivity index is 2.14. The molecule has 0 bridgehead atoms. The van der Waals surface area contributed by atoms with Gasteiger partial charge in [0.25, 0.3) is 0 Å². The zero-order valence-electron chi connectivity index (χ0n) is 12.5. The maximum atomic E-state index is 12.6. The number of sulfonamides is 1. The molecule has 1 fully saturated rings. The molecule has 0 radical (unpaired) electrons. The van der Waals surface area contributed by atoms with Crippen molar-refractivity contribution in [3.8, 4) is 0 Å². The predicted molar refractivity (Wildman–Crippen MR) is 81.2 cm³/mol. The molecule has 1 N–H and O–H groups in total. The fourth-order valence-electron chi connectivity index (χ4n) is 2.75. The molecule has 4 nitrogen and oxygen atoms in total. The van der Waals surface area contributed by atoms with Crippen LogP contribution in [0.25, 0.3) is 0 Å². The summed E-state index contributed by atoms with van der Waals surface area (Å²) in [6, 6.07) is 7.52. The highest BCUT2D eigenvalue weighted by Crippen LogP contribution is 2.24. The van der Waals surface area contributed by atoms with E-state index in [2.05, 4.69) is 19.2 Å². The highest BCUT2D eigenvalue weighted by Gasteiger charge is 2.32. The fourth-order valence-corrected chi connectivity index (χ4v) is 4.31. The number of nitrogens with one attached hydrogen (secondary N) is 1. The standard InChI is InChI=1S/C15H24N2O2S/c1-4-16-15-9-10-17(11-13(15)3)20(18,19)14-7-5-12(2)6-8-14/h5-8,13,15-16H,4,9-11H2,1-3H3. The van der Waals surface area contributed by atoms with Crippen LogP contribution in [0.1, 0.15) is 25.8 Å². The maximum Gasteiger partial charge on any atom is 0.243 e. The summed E-state index contributed by atoms with van der Waals surface area (Å²) in [6.07, 6.45) is 0.875. The van der Waals surface area contributed by atoms with Gasteiger partial charge < -0.3 is 5.32 Å². The molecule has 2 rings (SSSR count). The van der Waals surface area contributed by atoms with Crippen LogP contribution >= 0.6 is 0 Å². The van der Waals surface area contributed by atoms with Gasteiger partial charge in [0, 0.05) is 19.1 Å². The molecule has 0 aliphatic carbocycles. The quantitative estimate of drug-likeness (QED) is 0.924. The maximum absolute atomic E-state index is 12.6. The van der Waals surface area contributed by atoms with Gasteiger partial charge in [-0.15, -0.1) is 0 Å². The summed E-state index contributed by atoms with van der Waals surface area (Å²) in [6.45, 7) is 8.28. The molecule has 1 aliphatic heterocycles. The third-order valence-electron chi connectivity index (χ3n) is 3.99. The van der Waals surface area contributed by atoms with E-state index < -0.39 is 10.0 Å². The van der Waals surface area contributed by atoms with Crippen molar-refractivity contribution in [2.24, 2.45) is 5.92 Å². The molecule has 0 spiro atoms. The third-order valence-corrected chi connectivity index (χ3v) is 5.87. The summed E-state index contributed by atoms with van der Waals surface area (Å²) in [5, 5.41) is 3.43. The van der Waals surface area contributed by atoms with E-state index in [1.165, 1.54) is 0 Å². The van der Waals surface area contributed by atoms with E-state index in [0.717, 1.165) is 18.5 Å². The van der Waals surface area contributed by atoms with E-state index in [9.17, 15) is 8.42 Å². The van der Waals surface area contributed by atoms with E-state index >= 15 is 0 Å². The van der Waals surface area contributed by atoms with Crippen LogP contribution in [0.5, 0.6) is 0 Å². The molecule has 1 aromatic rings. The Bertz CT molecular complexity index is 539. The van der Waals surface area contributed by atoms with Crippen molar-refractivity contribution < 1.29 is 8.42 Å². The predicted octanol–water partition coefficient (Wildman–Crippen LogP) is 2.00. The summed E-state index contributed by atoms with van der Waals surface area (Å²) in [5.74, 6) is 0.337. The number of rotatable bonds is 4. The summed E-state index contributed by atoms with van der Waals surface area (Å²) < 4.78 is 26.8. The number of aryl methyl sites for hydroxylation is 1. The molecule has 1 aliphatic rings. The highest BCUT2D eigenvalue weighted by molar-refractivity contribution is 7.89. The second-order valence-electron chi connectivity index (χ2n) is 5.61. The van der Waals surface area contributed by atoms with Crippen LogP contribution in [-0.4, -0.2) is 38.4 Å². The first-order valence-corrected chi connectivity index (χ1v) is 8.69. The minimum Gasteiger partial charge on any atom is -0.314 e. The number of piperidine rings is 1. The molecule has 1 heterocycles. The molecule has 1 aromatic carbocycles. The van der Waals surface area contributed by atoms with Crippen LogP contribution in [0.2, 0.25) is 0 Å². The molecule has 5 heteroatoms. The summed E-state index contributed by atoms with van der Waals surface area (Å²) in [4.78, 5) is 0.400. The zero-order valence-corrected chi connectivity index (χ0v) is 13.3. The fraction of sp³-hybridized carbons (Fsp3) is 0.600.